The van der Waals surface area contributed by atoms with Crippen molar-refractivity contribution in [1.29, 1.82) is 5.26 Å². The summed E-state index contributed by atoms with van der Waals surface area (Å²) in [7, 11) is -3.71. The molecule has 0 spiro atoms. The van der Waals surface area contributed by atoms with Crippen LogP contribution in [0.2, 0.25) is 0 Å². The molecule has 0 saturated carbocycles. The number of nitrogens with two attached hydrogens (primary N) is 1. The summed E-state index contributed by atoms with van der Waals surface area (Å²) >= 11 is 3.31. The van der Waals surface area contributed by atoms with Crippen molar-refractivity contribution in [2.75, 3.05) is 11.9 Å². The second kappa shape index (κ2) is 9.32. The molecule has 2 aromatic carbocycles. The quantitative estimate of drug-likeness (QED) is 0.340. The lowest BCUT2D eigenvalue weighted by Crippen LogP contribution is -2.18. The predicted molar refractivity (Wildman–Crippen MR) is 106 cm³/mol. The molecular formula is C18H17BrN4O3S. The predicted octanol–water partition coefficient (Wildman–Crippen LogP) is 2.27. The van der Waals surface area contributed by atoms with Crippen molar-refractivity contribution in [2.45, 2.75) is 11.3 Å². The summed E-state index contributed by atoms with van der Waals surface area (Å²) in [5, 5.41) is 19.7. The van der Waals surface area contributed by atoms with E-state index in [1.807, 2.05) is 6.07 Å². The number of hydrogen-bond donors (Lipinski definition) is 3. The first-order valence-corrected chi connectivity index (χ1v) is 10.2. The van der Waals surface area contributed by atoms with Crippen molar-refractivity contribution in [3.63, 3.8) is 0 Å². The van der Waals surface area contributed by atoms with Crippen LogP contribution >= 0.6 is 15.9 Å². The van der Waals surface area contributed by atoms with Crippen LogP contribution in [0.4, 0.5) is 5.69 Å². The van der Waals surface area contributed by atoms with E-state index in [1.54, 1.807) is 36.4 Å². The molecule has 0 atom stereocenters. The van der Waals surface area contributed by atoms with Crippen molar-refractivity contribution in [1.82, 2.24) is 5.32 Å². The summed E-state index contributed by atoms with van der Waals surface area (Å²) in [5.41, 5.74) is 1.42. The zero-order valence-electron chi connectivity index (χ0n) is 14.1. The Kier molecular flexibility index (Phi) is 7.12. The van der Waals surface area contributed by atoms with Crippen molar-refractivity contribution in [3.05, 3.63) is 70.3 Å². The van der Waals surface area contributed by atoms with Crippen LogP contribution in [0.1, 0.15) is 5.56 Å². The van der Waals surface area contributed by atoms with Crippen LogP contribution in [0, 0.1) is 11.3 Å². The summed E-state index contributed by atoms with van der Waals surface area (Å²) in [6.07, 6.45) is 1.93. The van der Waals surface area contributed by atoms with Gasteiger partial charge in [-0.15, -0.1) is 0 Å². The molecule has 7 nitrogen and oxygen atoms in total. The Morgan fingerprint density at radius 1 is 1.15 bits per heavy atom. The first-order valence-electron chi connectivity index (χ1n) is 7.82. The lowest BCUT2D eigenvalue weighted by atomic mass is 10.1. The van der Waals surface area contributed by atoms with Gasteiger partial charge in [0.25, 0.3) is 5.91 Å². The number of nitrogens with one attached hydrogen (secondary N) is 2. The molecule has 0 fully saturated rings. The number of rotatable bonds is 7. The van der Waals surface area contributed by atoms with Gasteiger partial charge in [-0.05, 0) is 48.4 Å². The second-order valence-electron chi connectivity index (χ2n) is 5.52. The largest absolute Gasteiger partial charge is 0.389 e. The number of primary sulfonamides is 1. The molecule has 0 aliphatic heterocycles. The zero-order valence-corrected chi connectivity index (χ0v) is 16.5. The Labute approximate surface area is 166 Å². The molecule has 1 amide bonds. The lowest BCUT2D eigenvalue weighted by Gasteiger charge is -2.06. The van der Waals surface area contributed by atoms with Gasteiger partial charge in [0.2, 0.25) is 10.0 Å². The summed E-state index contributed by atoms with van der Waals surface area (Å²) in [5.74, 6) is -0.509. The number of carbonyl (C=O) groups is 1. The van der Waals surface area contributed by atoms with Crippen LogP contribution in [0.3, 0.4) is 0 Å². The monoisotopic (exact) mass is 448 g/mol. The Morgan fingerprint density at radius 2 is 1.78 bits per heavy atom. The van der Waals surface area contributed by atoms with E-state index in [4.69, 9.17) is 10.4 Å². The van der Waals surface area contributed by atoms with E-state index in [2.05, 4.69) is 26.6 Å². The number of sulfonamides is 1. The topological polar surface area (TPSA) is 125 Å². The molecule has 2 aromatic rings. The molecule has 9 heteroatoms. The van der Waals surface area contributed by atoms with Crippen molar-refractivity contribution < 1.29 is 13.2 Å². The van der Waals surface area contributed by atoms with E-state index >= 15 is 0 Å². The van der Waals surface area contributed by atoms with Crippen LogP contribution < -0.4 is 15.8 Å². The van der Waals surface area contributed by atoms with Gasteiger partial charge >= 0.3 is 0 Å². The maximum absolute atomic E-state index is 12.1. The van der Waals surface area contributed by atoms with Crippen LogP contribution in [0.15, 0.2) is 69.7 Å². The van der Waals surface area contributed by atoms with Crippen LogP contribution in [-0.4, -0.2) is 20.9 Å². The van der Waals surface area contributed by atoms with Crippen molar-refractivity contribution in [2.24, 2.45) is 5.14 Å². The molecule has 140 valence electrons. The van der Waals surface area contributed by atoms with Gasteiger partial charge in [-0.1, -0.05) is 28.1 Å². The molecule has 27 heavy (non-hydrogen) atoms. The summed E-state index contributed by atoms with van der Waals surface area (Å²) in [6.45, 7) is 0.464. The third kappa shape index (κ3) is 6.53. The summed E-state index contributed by atoms with van der Waals surface area (Å²) in [6, 6.07) is 15.1. The summed E-state index contributed by atoms with van der Waals surface area (Å²) in [4.78, 5) is 12.2. The highest BCUT2D eigenvalue weighted by atomic mass is 79.9. The van der Waals surface area contributed by atoms with Crippen LogP contribution in [-0.2, 0) is 21.2 Å². The molecule has 0 aliphatic carbocycles. The van der Waals surface area contributed by atoms with E-state index in [9.17, 15) is 13.2 Å². The third-order valence-corrected chi connectivity index (χ3v) is 4.98. The lowest BCUT2D eigenvalue weighted by molar-refractivity contribution is -0.112. The van der Waals surface area contributed by atoms with Crippen molar-refractivity contribution >= 4 is 37.5 Å². The van der Waals surface area contributed by atoms with Gasteiger partial charge in [0, 0.05) is 22.9 Å². The van der Waals surface area contributed by atoms with Crippen LogP contribution in [0.5, 0.6) is 0 Å². The number of amides is 1. The standard InChI is InChI=1S/C18H17BrN4O3S/c19-15-3-5-16(6-4-15)23-18(24)14(11-20)12-22-10-9-13-1-7-17(8-2-13)27(21,25)26/h1-8,12,22H,9-10H2,(H,23,24)(H2,21,25,26)/b14-12-. The molecule has 0 heterocycles. The molecule has 2 rings (SSSR count). The number of anilines is 1. The molecule has 0 aliphatic rings. The van der Waals surface area contributed by atoms with Crippen LogP contribution in [0.25, 0.3) is 0 Å². The average Bonchev–Trinajstić information content (AvgIpc) is 2.63. The third-order valence-electron chi connectivity index (χ3n) is 3.52. The molecule has 0 unspecified atom stereocenters. The van der Waals surface area contributed by atoms with E-state index in [0.29, 0.717) is 18.7 Å². The minimum atomic E-state index is -3.71. The fourth-order valence-corrected chi connectivity index (χ4v) is 2.90. The van der Waals surface area contributed by atoms with Gasteiger partial charge in [-0.2, -0.15) is 5.26 Å². The molecule has 0 bridgehead atoms. The van der Waals surface area contributed by atoms with Gasteiger partial charge in [0.15, 0.2) is 0 Å². The number of hydrogen-bond acceptors (Lipinski definition) is 5. The summed E-state index contributed by atoms with van der Waals surface area (Å²) < 4.78 is 23.3. The van der Waals surface area contributed by atoms with E-state index in [1.165, 1.54) is 18.3 Å². The normalized spacial score (nSPS) is 11.5. The molecule has 0 radical (unpaired) electrons. The Balaban J connectivity index is 1.88. The Hall–Kier alpha value is -2.67. The molecule has 4 N–H and O–H groups in total. The van der Waals surface area contributed by atoms with Gasteiger partial charge in [0.05, 0.1) is 4.90 Å². The first-order chi connectivity index (χ1) is 12.8. The van der Waals surface area contributed by atoms with Gasteiger partial charge in [-0.3, -0.25) is 4.79 Å². The van der Waals surface area contributed by atoms with Gasteiger partial charge in [-0.25, -0.2) is 13.6 Å². The van der Waals surface area contributed by atoms with Crippen molar-refractivity contribution in [3.8, 4) is 6.07 Å². The SMILES string of the molecule is N#C/C(=C/NCCc1ccc(S(N)(=O)=O)cc1)C(=O)Nc1ccc(Br)cc1. The maximum atomic E-state index is 12.1. The minimum Gasteiger partial charge on any atom is -0.389 e. The minimum absolute atomic E-state index is 0.0514. The number of halogens is 1. The Bertz CT molecular complexity index is 979. The van der Waals surface area contributed by atoms with E-state index in [0.717, 1.165) is 10.0 Å². The first kappa shape index (κ1) is 20.6. The molecular weight excluding hydrogens is 432 g/mol. The highest BCUT2D eigenvalue weighted by Gasteiger charge is 2.09. The average molecular weight is 449 g/mol. The molecule has 0 aromatic heterocycles. The molecule has 0 saturated heterocycles. The fraction of sp³-hybridized carbons (Fsp3) is 0.111. The van der Waals surface area contributed by atoms with Gasteiger partial charge in [0.1, 0.15) is 11.6 Å². The fourth-order valence-electron chi connectivity index (χ4n) is 2.12. The number of nitrogens with zero attached hydrogens (tertiary/aromatic N) is 1. The highest BCUT2D eigenvalue weighted by Crippen LogP contribution is 2.14. The second-order valence-corrected chi connectivity index (χ2v) is 8.00. The Morgan fingerprint density at radius 3 is 2.33 bits per heavy atom. The smallest absolute Gasteiger partial charge is 0.267 e. The zero-order chi connectivity index (χ0) is 19.9. The maximum Gasteiger partial charge on any atom is 0.267 e. The van der Waals surface area contributed by atoms with E-state index in [-0.39, 0.29) is 10.5 Å². The van der Waals surface area contributed by atoms with E-state index < -0.39 is 15.9 Å². The van der Waals surface area contributed by atoms with Gasteiger partial charge < -0.3 is 10.6 Å². The number of carbonyl (C=O) groups excluding carboxylic acids is 1. The highest BCUT2D eigenvalue weighted by molar-refractivity contribution is 9.10. The number of nitriles is 1. The number of benzene rings is 2.